The molecule has 118 valence electrons. The third-order valence-electron chi connectivity index (χ3n) is 2.91. The van der Waals surface area contributed by atoms with Gasteiger partial charge in [0.25, 0.3) is 11.4 Å². The molecule has 0 unspecified atom stereocenters. The van der Waals surface area contributed by atoms with E-state index in [-0.39, 0.29) is 23.8 Å². The lowest BCUT2D eigenvalue weighted by Crippen LogP contribution is -2.25. The Bertz CT molecular complexity index is 497. The third-order valence-corrected chi connectivity index (χ3v) is 3.95. The first-order valence-corrected chi connectivity index (χ1v) is 7.26. The molecule has 0 aliphatic carbocycles. The van der Waals surface area contributed by atoms with Crippen molar-refractivity contribution in [2.45, 2.75) is 18.7 Å². The van der Waals surface area contributed by atoms with E-state index in [1.807, 2.05) is 0 Å². The van der Waals surface area contributed by atoms with Crippen LogP contribution < -0.4 is 0 Å². The first-order chi connectivity index (χ1) is 9.49. The Balaban J connectivity index is 0.00000400. The fraction of sp³-hybridized carbons (Fsp3) is 0.500. The van der Waals surface area contributed by atoms with Gasteiger partial charge in [-0.1, -0.05) is 13.8 Å². The number of halogens is 1. The number of nitrogens with zero attached hydrogens (tertiary/aromatic N) is 3. The van der Waals surface area contributed by atoms with E-state index >= 15 is 0 Å². The van der Waals surface area contributed by atoms with Crippen LogP contribution in [0.15, 0.2) is 23.1 Å². The first-order valence-electron chi connectivity index (χ1n) is 6.27. The quantitative estimate of drug-likeness (QED) is 0.411. The van der Waals surface area contributed by atoms with Crippen LogP contribution in [-0.2, 0) is 0 Å². The summed E-state index contributed by atoms with van der Waals surface area (Å²) in [6.07, 6.45) is 0. The third kappa shape index (κ3) is 5.86. The van der Waals surface area contributed by atoms with Crippen LogP contribution in [0.3, 0.4) is 0 Å². The summed E-state index contributed by atoms with van der Waals surface area (Å²) in [4.78, 5) is 23.1. The molecule has 21 heavy (non-hydrogen) atoms. The molecule has 0 saturated heterocycles. The molecule has 0 atom stereocenters. The van der Waals surface area contributed by atoms with Crippen molar-refractivity contribution in [3.8, 4) is 0 Å². The Kier molecular flexibility index (Phi) is 8.91. The van der Waals surface area contributed by atoms with Gasteiger partial charge in [0.1, 0.15) is 0 Å². The van der Waals surface area contributed by atoms with Crippen LogP contribution in [0, 0.1) is 20.2 Å². The highest BCUT2D eigenvalue weighted by atomic mass is 35.5. The van der Waals surface area contributed by atoms with Gasteiger partial charge in [-0.25, -0.2) is 0 Å². The number of nitro groups is 2. The number of hydrogen-bond acceptors (Lipinski definition) is 6. The van der Waals surface area contributed by atoms with Gasteiger partial charge in [-0.05, 0) is 19.2 Å². The molecule has 0 spiro atoms. The summed E-state index contributed by atoms with van der Waals surface area (Å²) in [5.41, 5.74) is -0.464. The second kappa shape index (κ2) is 9.54. The van der Waals surface area contributed by atoms with E-state index in [4.69, 9.17) is 0 Å². The maximum Gasteiger partial charge on any atom is 0.289 e. The summed E-state index contributed by atoms with van der Waals surface area (Å²) in [6.45, 7) is 6.80. The summed E-state index contributed by atoms with van der Waals surface area (Å²) in [5.74, 6) is 0.709. The Morgan fingerprint density at radius 3 is 2.24 bits per heavy atom. The Morgan fingerprint density at radius 2 is 1.76 bits per heavy atom. The van der Waals surface area contributed by atoms with Crippen LogP contribution in [0.1, 0.15) is 13.8 Å². The van der Waals surface area contributed by atoms with E-state index in [0.717, 1.165) is 25.7 Å². The molecule has 0 heterocycles. The van der Waals surface area contributed by atoms with Gasteiger partial charge in [0, 0.05) is 18.4 Å². The van der Waals surface area contributed by atoms with Gasteiger partial charge in [0.15, 0.2) is 0 Å². The molecular formula is C12H18ClN3O4S. The molecule has 9 heteroatoms. The largest absolute Gasteiger partial charge is 0.303 e. The molecule has 0 aliphatic rings. The summed E-state index contributed by atoms with van der Waals surface area (Å²) in [7, 11) is 0. The maximum atomic E-state index is 11.0. The predicted octanol–water partition coefficient (Wildman–Crippen LogP) is 3.36. The predicted molar refractivity (Wildman–Crippen MR) is 85.5 cm³/mol. The standard InChI is InChI=1S/C12H17N3O4S.ClH/c1-3-13(4-2)7-8-20-12-6-5-10(14(16)17)9-11(12)15(18)19;/h5-6,9H,3-4,7-8H2,1-2H3;1H. The molecular weight excluding hydrogens is 318 g/mol. The van der Waals surface area contributed by atoms with E-state index in [1.165, 1.54) is 23.9 Å². The molecule has 0 fully saturated rings. The van der Waals surface area contributed by atoms with Crippen molar-refractivity contribution in [3.05, 3.63) is 38.4 Å². The summed E-state index contributed by atoms with van der Waals surface area (Å²) in [5, 5.41) is 21.6. The molecule has 0 saturated carbocycles. The van der Waals surface area contributed by atoms with Crippen molar-refractivity contribution in [2.24, 2.45) is 0 Å². The topological polar surface area (TPSA) is 89.5 Å². The van der Waals surface area contributed by atoms with Crippen LogP contribution in [-0.4, -0.2) is 40.1 Å². The molecule has 0 N–H and O–H groups in total. The van der Waals surface area contributed by atoms with Gasteiger partial charge in [0.05, 0.1) is 20.8 Å². The van der Waals surface area contributed by atoms with Crippen LogP contribution in [0.4, 0.5) is 11.4 Å². The lowest BCUT2D eigenvalue weighted by Gasteiger charge is -2.17. The van der Waals surface area contributed by atoms with E-state index in [0.29, 0.717) is 10.6 Å². The van der Waals surface area contributed by atoms with Gasteiger partial charge < -0.3 is 4.90 Å². The van der Waals surface area contributed by atoms with Gasteiger partial charge in [-0.3, -0.25) is 20.2 Å². The average Bonchev–Trinajstić information content (AvgIpc) is 2.43. The Labute approximate surface area is 133 Å². The van der Waals surface area contributed by atoms with Crippen LogP contribution in [0.2, 0.25) is 0 Å². The molecule has 0 aromatic heterocycles. The fourth-order valence-electron chi connectivity index (χ4n) is 1.71. The first kappa shape index (κ1) is 19.6. The van der Waals surface area contributed by atoms with Crippen molar-refractivity contribution in [1.82, 2.24) is 4.90 Å². The van der Waals surface area contributed by atoms with E-state index in [9.17, 15) is 20.2 Å². The van der Waals surface area contributed by atoms with Crippen molar-refractivity contribution in [3.63, 3.8) is 0 Å². The second-order valence-electron chi connectivity index (χ2n) is 4.04. The summed E-state index contributed by atoms with van der Waals surface area (Å²) in [6, 6.07) is 3.76. The minimum atomic E-state index is -0.628. The number of benzene rings is 1. The summed E-state index contributed by atoms with van der Waals surface area (Å²) < 4.78 is 0. The molecule has 7 nitrogen and oxygen atoms in total. The summed E-state index contributed by atoms with van der Waals surface area (Å²) >= 11 is 1.35. The minimum absolute atomic E-state index is 0. The van der Waals surface area contributed by atoms with Gasteiger partial charge in [0.2, 0.25) is 0 Å². The van der Waals surface area contributed by atoms with Crippen molar-refractivity contribution < 1.29 is 9.85 Å². The number of non-ortho nitro benzene ring substituents is 1. The van der Waals surface area contributed by atoms with Crippen molar-refractivity contribution >= 4 is 35.5 Å². The molecule has 1 aromatic rings. The van der Waals surface area contributed by atoms with Gasteiger partial charge in [-0.15, -0.1) is 24.2 Å². The number of rotatable bonds is 8. The van der Waals surface area contributed by atoms with Crippen molar-refractivity contribution in [2.75, 3.05) is 25.4 Å². The van der Waals surface area contributed by atoms with Crippen LogP contribution in [0.5, 0.6) is 0 Å². The number of nitro benzene ring substituents is 2. The number of thioether (sulfide) groups is 1. The van der Waals surface area contributed by atoms with Gasteiger partial charge >= 0.3 is 0 Å². The lowest BCUT2D eigenvalue weighted by molar-refractivity contribution is -0.396. The zero-order valence-electron chi connectivity index (χ0n) is 11.9. The van der Waals surface area contributed by atoms with E-state index in [2.05, 4.69) is 18.7 Å². The van der Waals surface area contributed by atoms with E-state index < -0.39 is 9.85 Å². The second-order valence-corrected chi connectivity index (χ2v) is 5.18. The monoisotopic (exact) mass is 335 g/mol. The molecule has 0 radical (unpaired) electrons. The van der Waals surface area contributed by atoms with Crippen molar-refractivity contribution in [1.29, 1.82) is 0 Å². The van der Waals surface area contributed by atoms with Crippen LogP contribution in [0.25, 0.3) is 0 Å². The maximum absolute atomic E-state index is 11.0. The molecule has 1 rings (SSSR count). The molecule has 0 amide bonds. The van der Waals surface area contributed by atoms with Crippen LogP contribution >= 0.6 is 24.2 Å². The Hall–Kier alpha value is -1.38. The molecule has 0 bridgehead atoms. The van der Waals surface area contributed by atoms with Gasteiger partial charge in [-0.2, -0.15) is 0 Å². The average molecular weight is 336 g/mol. The molecule has 0 aliphatic heterocycles. The zero-order chi connectivity index (χ0) is 15.1. The number of hydrogen-bond donors (Lipinski definition) is 0. The smallest absolute Gasteiger partial charge is 0.289 e. The lowest BCUT2D eigenvalue weighted by atomic mass is 10.3. The molecule has 1 aromatic carbocycles. The highest BCUT2D eigenvalue weighted by Crippen LogP contribution is 2.32. The highest BCUT2D eigenvalue weighted by Gasteiger charge is 2.19. The Morgan fingerprint density at radius 1 is 1.14 bits per heavy atom. The fourth-order valence-corrected chi connectivity index (χ4v) is 2.72. The minimum Gasteiger partial charge on any atom is -0.303 e. The SMILES string of the molecule is CCN(CC)CCSc1ccc([N+](=O)[O-])cc1[N+](=O)[O-].Cl. The highest BCUT2D eigenvalue weighted by molar-refractivity contribution is 7.99. The normalized spacial score (nSPS) is 10.2. The zero-order valence-corrected chi connectivity index (χ0v) is 13.5. The van der Waals surface area contributed by atoms with E-state index in [1.54, 1.807) is 0 Å².